The molecule has 0 spiro atoms. The van der Waals surface area contributed by atoms with Crippen molar-refractivity contribution in [1.82, 2.24) is 10.3 Å². The number of nitrogens with zero attached hydrogens (tertiary/aromatic N) is 1. The van der Waals surface area contributed by atoms with E-state index >= 15 is 0 Å². The Bertz CT molecular complexity index is 394. The van der Waals surface area contributed by atoms with Gasteiger partial charge in [0, 0.05) is 12.7 Å². The van der Waals surface area contributed by atoms with Crippen LogP contribution in [0.15, 0.2) is 18.5 Å². The lowest BCUT2D eigenvalue weighted by Crippen LogP contribution is -2.33. The second kappa shape index (κ2) is 7.21. The lowest BCUT2D eigenvalue weighted by atomic mass is 9.99. The summed E-state index contributed by atoms with van der Waals surface area (Å²) in [4.78, 5) is 15.5. The average Bonchev–Trinajstić information content (AvgIpc) is 2.38. The lowest BCUT2D eigenvalue weighted by Gasteiger charge is -2.19. The molecule has 1 unspecified atom stereocenters. The minimum atomic E-state index is -0.327. The number of amides is 1. The fourth-order valence-corrected chi connectivity index (χ4v) is 2.26. The van der Waals surface area contributed by atoms with E-state index in [1.165, 1.54) is 18.5 Å². The minimum Gasteiger partial charge on any atom is -0.505 e. The van der Waals surface area contributed by atoms with Crippen molar-refractivity contribution in [2.75, 3.05) is 6.54 Å². The van der Waals surface area contributed by atoms with Gasteiger partial charge in [-0.05, 0) is 12.0 Å². The number of hydrogen-bond acceptors (Lipinski definition) is 3. The second-order valence-electron chi connectivity index (χ2n) is 4.20. The van der Waals surface area contributed by atoms with E-state index in [1.54, 1.807) is 0 Å². The van der Waals surface area contributed by atoms with Gasteiger partial charge in [-0.1, -0.05) is 26.7 Å². The van der Waals surface area contributed by atoms with Crippen LogP contribution in [0.25, 0.3) is 0 Å². The zero-order valence-corrected chi connectivity index (χ0v) is 11.4. The van der Waals surface area contributed by atoms with Gasteiger partial charge in [-0.15, -0.1) is 11.6 Å². The molecule has 1 rings (SSSR count). The lowest BCUT2D eigenvalue weighted by molar-refractivity contribution is 0.0948. The van der Waals surface area contributed by atoms with E-state index in [4.69, 9.17) is 11.6 Å². The van der Waals surface area contributed by atoms with E-state index < -0.39 is 0 Å². The Balaban J connectivity index is 2.54. The number of aromatic hydroxyl groups is 1. The van der Waals surface area contributed by atoms with Crippen LogP contribution in [0.3, 0.4) is 0 Å². The van der Waals surface area contributed by atoms with Gasteiger partial charge < -0.3 is 10.4 Å². The summed E-state index contributed by atoms with van der Waals surface area (Å²) in [5, 5.41) is 12.1. The Hall–Kier alpha value is -1.29. The molecule has 4 nitrogen and oxygen atoms in total. The maximum atomic E-state index is 11.8. The molecule has 1 atom stereocenters. The maximum absolute atomic E-state index is 11.8. The van der Waals surface area contributed by atoms with Gasteiger partial charge in [0.25, 0.3) is 5.91 Å². The number of rotatable bonds is 6. The van der Waals surface area contributed by atoms with Crippen molar-refractivity contribution in [2.45, 2.75) is 32.1 Å². The van der Waals surface area contributed by atoms with Crippen LogP contribution >= 0.6 is 11.6 Å². The van der Waals surface area contributed by atoms with Crippen LogP contribution in [-0.2, 0) is 0 Å². The molecule has 100 valence electrons. The first-order valence-electron chi connectivity index (χ1n) is 6.15. The van der Waals surface area contributed by atoms with E-state index in [-0.39, 0.29) is 22.6 Å². The topological polar surface area (TPSA) is 62.2 Å². The van der Waals surface area contributed by atoms with Crippen LogP contribution < -0.4 is 5.32 Å². The molecule has 1 aromatic heterocycles. The molecule has 0 fully saturated rings. The summed E-state index contributed by atoms with van der Waals surface area (Å²) in [5.74, 6) is -0.0619. The summed E-state index contributed by atoms with van der Waals surface area (Å²) >= 11 is 6.23. The highest BCUT2D eigenvalue weighted by Gasteiger charge is 2.17. The molecule has 0 bridgehead atoms. The van der Waals surface area contributed by atoms with E-state index in [2.05, 4.69) is 24.1 Å². The van der Waals surface area contributed by atoms with Gasteiger partial charge in [-0.25, -0.2) is 0 Å². The van der Waals surface area contributed by atoms with Crippen molar-refractivity contribution >= 4 is 17.5 Å². The number of carbonyl (C=O) groups is 1. The van der Waals surface area contributed by atoms with Gasteiger partial charge in [-0.2, -0.15) is 0 Å². The van der Waals surface area contributed by atoms with Gasteiger partial charge >= 0.3 is 0 Å². The van der Waals surface area contributed by atoms with Crippen LogP contribution in [0, 0.1) is 5.92 Å². The van der Waals surface area contributed by atoms with E-state index in [9.17, 15) is 9.90 Å². The minimum absolute atomic E-state index is 0.0899. The normalized spacial score (nSPS) is 12.4. The first kappa shape index (κ1) is 14.8. The maximum Gasteiger partial charge on any atom is 0.255 e. The molecule has 1 amide bonds. The molecule has 0 aliphatic heterocycles. The highest BCUT2D eigenvalue weighted by molar-refractivity contribution is 6.21. The third-order valence-electron chi connectivity index (χ3n) is 3.06. The Morgan fingerprint density at radius 1 is 1.50 bits per heavy atom. The van der Waals surface area contributed by atoms with Crippen molar-refractivity contribution in [3.8, 4) is 5.75 Å². The fraction of sp³-hybridized carbons (Fsp3) is 0.538. The monoisotopic (exact) mass is 270 g/mol. The Morgan fingerprint density at radius 2 is 2.17 bits per heavy atom. The molecule has 0 radical (unpaired) electrons. The Morgan fingerprint density at radius 3 is 2.72 bits per heavy atom. The number of alkyl halides is 1. The number of nitrogens with one attached hydrogen (secondary N) is 1. The summed E-state index contributed by atoms with van der Waals surface area (Å²) in [7, 11) is 0. The molecule has 1 heterocycles. The van der Waals surface area contributed by atoms with Crippen LogP contribution in [0.5, 0.6) is 5.75 Å². The summed E-state index contributed by atoms with van der Waals surface area (Å²) in [6.45, 7) is 4.56. The first-order chi connectivity index (χ1) is 8.60. The van der Waals surface area contributed by atoms with Crippen molar-refractivity contribution in [3.63, 3.8) is 0 Å². The van der Waals surface area contributed by atoms with Gasteiger partial charge in [0.05, 0.1) is 17.1 Å². The molecule has 0 aliphatic rings. The highest BCUT2D eigenvalue weighted by atomic mass is 35.5. The van der Waals surface area contributed by atoms with Gasteiger partial charge in [0.1, 0.15) is 5.75 Å². The zero-order chi connectivity index (χ0) is 13.5. The van der Waals surface area contributed by atoms with E-state index in [1.807, 2.05) is 0 Å². The molecule has 0 saturated heterocycles. The Labute approximate surface area is 112 Å². The van der Waals surface area contributed by atoms with Gasteiger partial charge in [-0.3, -0.25) is 9.78 Å². The van der Waals surface area contributed by atoms with E-state index in [0.29, 0.717) is 12.5 Å². The summed E-state index contributed by atoms with van der Waals surface area (Å²) in [5.41, 5.74) is 0.221. The smallest absolute Gasteiger partial charge is 0.255 e. The van der Waals surface area contributed by atoms with Crippen molar-refractivity contribution in [2.24, 2.45) is 5.92 Å². The van der Waals surface area contributed by atoms with Crippen LogP contribution in [-0.4, -0.2) is 27.9 Å². The predicted molar refractivity (Wildman–Crippen MR) is 71.9 cm³/mol. The Kier molecular flexibility index (Phi) is 5.92. The number of carbonyl (C=O) groups excluding carboxylic acids is 1. The summed E-state index contributed by atoms with van der Waals surface area (Å²) in [6, 6.07) is 1.48. The van der Waals surface area contributed by atoms with Crippen molar-refractivity contribution in [3.05, 3.63) is 24.0 Å². The zero-order valence-electron chi connectivity index (χ0n) is 10.7. The molecule has 0 aliphatic carbocycles. The molecule has 1 aromatic rings. The molecule has 2 N–H and O–H groups in total. The largest absolute Gasteiger partial charge is 0.505 e. The molecule has 5 heteroatoms. The number of pyridine rings is 1. The number of hydrogen-bond donors (Lipinski definition) is 2. The molecular formula is C13H19ClN2O2. The summed E-state index contributed by atoms with van der Waals surface area (Å²) in [6.07, 6.45) is 4.68. The van der Waals surface area contributed by atoms with E-state index in [0.717, 1.165) is 12.8 Å². The number of halogens is 1. The first-order valence-corrected chi connectivity index (χ1v) is 6.59. The average molecular weight is 271 g/mol. The molecule has 0 saturated carbocycles. The van der Waals surface area contributed by atoms with Crippen molar-refractivity contribution < 1.29 is 9.90 Å². The van der Waals surface area contributed by atoms with Crippen LogP contribution in [0.1, 0.15) is 37.0 Å². The number of aromatic nitrogens is 1. The van der Waals surface area contributed by atoms with Crippen LogP contribution in [0.4, 0.5) is 0 Å². The van der Waals surface area contributed by atoms with Gasteiger partial charge in [0.15, 0.2) is 0 Å². The van der Waals surface area contributed by atoms with Crippen LogP contribution in [0.2, 0.25) is 0 Å². The molecular weight excluding hydrogens is 252 g/mol. The summed E-state index contributed by atoms with van der Waals surface area (Å²) < 4.78 is 0. The second-order valence-corrected chi connectivity index (χ2v) is 4.76. The quantitative estimate of drug-likeness (QED) is 0.781. The standard InChI is InChI=1S/C13H19ClN2O2/c1-3-9(4-2)11(14)7-16-13(18)10-5-6-15-8-12(10)17/h5-6,8-9,11,17H,3-4,7H2,1-2H3,(H,16,18). The predicted octanol–water partition coefficient (Wildman–Crippen LogP) is 2.56. The van der Waals surface area contributed by atoms with Gasteiger partial charge in [0.2, 0.25) is 0 Å². The molecule has 0 aromatic carbocycles. The fourth-order valence-electron chi connectivity index (χ4n) is 1.83. The molecule has 18 heavy (non-hydrogen) atoms. The van der Waals surface area contributed by atoms with Crippen molar-refractivity contribution in [1.29, 1.82) is 0 Å². The highest BCUT2D eigenvalue weighted by Crippen LogP contribution is 2.18. The third-order valence-corrected chi connectivity index (χ3v) is 3.57. The SMILES string of the molecule is CCC(CC)C(Cl)CNC(=O)c1ccncc1O. The third kappa shape index (κ3) is 3.88.